The lowest BCUT2D eigenvalue weighted by molar-refractivity contribution is -0.157. The molecule has 2 aromatic rings. The van der Waals surface area contributed by atoms with E-state index in [-0.39, 0.29) is 56.4 Å². The van der Waals surface area contributed by atoms with Crippen LogP contribution in [0.15, 0.2) is 66.2 Å². The molecule has 0 spiro atoms. The van der Waals surface area contributed by atoms with Gasteiger partial charge in [-0.15, -0.1) is 0 Å². The first-order valence-corrected chi connectivity index (χ1v) is 23.6. The van der Waals surface area contributed by atoms with Gasteiger partial charge in [-0.25, -0.2) is 4.79 Å². The maximum absolute atomic E-state index is 15.0. The molecule has 10 N–H and O–H groups in total. The normalized spacial score (nSPS) is 24.2. The minimum absolute atomic E-state index is 0.0103. The molecule has 2 aliphatic rings. The molecule has 0 bridgehead atoms. The topological polar surface area (TPSA) is 334 Å². The Morgan fingerprint density at radius 2 is 1.53 bits per heavy atom. The highest BCUT2D eigenvalue weighted by molar-refractivity contribution is 6.00. The van der Waals surface area contributed by atoms with Crippen LogP contribution in [-0.4, -0.2) is 161 Å². The number of aliphatic hydroxyl groups is 1. The number of phenolic OH excluding ortho intramolecular Hbond substituents is 1. The first-order valence-electron chi connectivity index (χ1n) is 23.6. The predicted octanol–water partition coefficient (Wildman–Crippen LogP) is -1.52. The fourth-order valence-corrected chi connectivity index (χ4v) is 8.13. The van der Waals surface area contributed by atoms with Crippen molar-refractivity contribution in [2.75, 3.05) is 27.3 Å². The number of nitrogens with one attached hydrogen (secondary N) is 6. The van der Waals surface area contributed by atoms with E-state index in [9.17, 15) is 58.2 Å². The van der Waals surface area contributed by atoms with Gasteiger partial charge < -0.3 is 67.1 Å². The highest BCUT2D eigenvalue weighted by atomic mass is 16.5. The van der Waals surface area contributed by atoms with Crippen molar-refractivity contribution in [3.05, 3.63) is 77.4 Å². The van der Waals surface area contributed by atoms with Crippen LogP contribution < -0.4 is 37.6 Å². The molecule has 0 aliphatic carbocycles. The van der Waals surface area contributed by atoms with Crippen molar-refractivity contribution in [2.24, 2.45) is 5.73 Å². The number of primary amides is 1. The molecule has 9 unspecified atom stereocenters. The van der Waals surface area contributed by atoms with Crippen molar-refractivity contribution in [3.8, 4) is 5.75 Å². The standard InChI is InChI=1S/C49H67N9O14/c1-7-27(2)42(63)53-33(17-20-38(50)61)43(64)56-41-29(4)72-49(70)28(3)52-45(66)37(26-31-13-15-32(60)16-14-31)57(5)47(68)35(25-30-11-9-8-10-12-30)55-44(65)36-19-22-40(71-6)58(36)48(69)34(54-46(41)67)18-21-39(62)51-23-24-59/h7-16,28-29,33-37,40-41,59-60H,17-26H2,1-6H3,(H2,50,61)(H,51,62)(H,52,66)(H,53,63)(H,54,67)(H,55,65)(H,56,64). The number of cyclic esters (lactones) is 1. The molecular formula is C49H67N9O14. The molecule has 4 rings (SSSR count). The van der Waals surface area contributed by atoms with Gasteiger partial charge in [-0.1, -0.05) is 48.5 Å². The number of ether oxygens (including phenoxy) is 2. The number of aromatic hydroxyl groups is 1. The number of nitrogens with zero attached hydrogens (tertiary/aromatic N) is 2. The van der Waals surface area contributed by atoms with Crippen LogP contribution in [0.2, 0.25) is 0 Å². The number of phenols is 1. The molecule has 9 atom stereocenters. The summed E-state index contributed by atoms with van der Waals surface area (Å²) in [7, 11) is 2.65. The summed E-state index contributed by atoms with van der Waals surface area (Å²) < 4.78 is 11.4. The smallest absolute Gasteiger partial charge is 0.328 e. The molecule has 0 saturated carbocycles. The number of carbonyl (C=O) groups is 10. The molecule has 72 heavy (non-hydrogen) atoms. The summed E-state index contributed by atoms with van der Waals surface area (Å²) in [6, 6.07) is 4.01. The Labute approximate surface area is 417 Å². The maximum Gasteiger partial charge on any atom is 0.328 e. The van der Waals surface area contributed by atoms with Crippen molar-refractivity contribution >= 4 is 59.1 Å². The van der Waals surface area contributed by atoms with Crippen LogP contribution in [0, 0.1) is 0 Å². The van der Waals surface area contributed by atoms with Crippen LogP contribution in [0.25, 0.3) is 0 Å². The number of likely N-dealkylation sites (N-methyl/N-ethyl adjacent to an activating group) is 1. The van der Waals surface area contributed by atoms with Crippen molar-refractivity contribution in [2.45, 2.75) is 134 Å². The van der Waals surface area contributed by atoms with E-state index in [1.807, 2.05) is 0 Å². The minimum Gasteiger partial charge on any atom is -0.508 e. The number of benzene rings is 2. The number of esters is 1. The van der Waals surface area contributed by atoms with Crippen molar-refractivity contribution in [3.63, 3.8) is 0 Å². The van der Waals surface area contributed by atoms with E-state index in [0.717, 1.165) is 9.80 Å². The zero-order valence-corrected chi connectivity index (χ0v) is 41.3. The van der Waals surface area contributed by atoms with Crippen molar-refractivity contribution < 1.29 is 67.6 Å². The van der Waals surface area contributed by atoms with Gasteiger partial charge in [-0.2, -0.15) is 0 Å². The van der Waals surface area contributed by atoms with Gasteiger partial charge in [0.15, 0.2) is 0 Å². The number of rotatable bonds is 17. The average molecular weight is 1010 g/mol. The van der Waals surface area contributed by atoms with E-state index >= 15 is 0 Å². The number of hydrogen-bond acceptors (Lipinski definition) is 14. The Morgan fingerprint density at radius 1 is 0.875 bits per heavy atom. The van der Waals surface area contributed by atoms with Gasteiger partial charge in [0, 0.05) is 52.0 Å². The summed E-state index contributed by atoms with van der Waals surface area (Å²) in [5.74, 6) is -8.76. The Balaban J connectivity index is 1.88. The second-order valence-electron chi connectivity index (χ2n) is 17.7. The van der Waals surface area contributed by atoms with Gasteiger partial charge in [0.25, 0.3) is 0 Å². The molecule has 392 valence electrons. The van der Waals surface area contributed by atoms with Gasteiger partial charge >= 0.3 is 5.97 Å². The molecule has 2 fully saturated rings. The first-order chi connectivity index (χ1) is 34.2. The van der Waals surface area contributed by atoms with E-state index in [1.54, 1.807) is 37.3 Å². The summed E-state index contributed by atoms with van der Waals surface area (Å²) in [6.07, 6.45) is -2.85. The Hall–Kier alpha value is -7.40. The summed E-state index contributed by atoms with van der Waals surface area (Å²) in [4.78, 5) is 141. The van der Waals surface area contributed by atoms with Gasteiger partial charge in [-0.3, -0.25) is 43.2 Å². The third-order valence-corrected chi connectivity index (χ3v) is 12.4. The lowest BCUT2D eigenvalue weighted by Gasteiger charge is -2.34. The van der Waals surface area contributed by atoms with Crippen LogP contribution in [0.1, 0.15) is 77.3 Å². The van der Waals surface area contributed by atoms with Crippen LogP contribution in [0.3, 0.4) is 0 Å². The number of carbonyl (C=O) groups excluding carboxylic acids is 10. The monoisotopic (exact) mass is 1010 g/mol. The van der Waals surface area contributed by atoms with E-state index in [0.29, 0.717) is 11.1 Å². The van der Waals surface area contributed by atoms with E-state index in [2.05, 4.69) is 31.9 Å². The molecule has 23 heteroatoms. The van der Waals surface area contributed by atoms with Crippen LogP contribution >= 0.6 is 0 Å². The van der Waals surface area contributed by atoms with E-state index < -0.39 is 133 Å². The lowest BCUT2D eigenvalue weighted by Crippen LogP contribution is -2.62. The Kier molecular flexibility index (Phi) is 21.7. The Bertz CT molecular complexity index is 2310. The van der Waals surface area contributed by atoms with Crippen molar-refractivity contribution in [1.29, 1.82) is 0 Å². The number of fused-ring (bicyclic) bond motifs is 1. The fraction of sp³-hybridized carbons (Fsp3) is 0.510. The molecule has 9 amide bonds. The number of aliphatic hydroxyl groups excluding tert-OH is 1. The minimum atomic E-state index is -1.89. The zero-order valence-electron chi connectivity index (χ0n) is 41.3. The number of hydrogen-bond donors (Lipinski definition) is 9. The van der Waals surface area contributed by atoms with Gasteiger partial charge in [0.05, 0.1) is 6.61 Å². The second-order valence-corrected chi connectivity index (χ2v) is 17.7. The van der Waals surface area contributed by atoms with E-state index in [1.165, 1.54) is 65.3 Å². The molecule has 2 heterocycles. The molecular weight excluding hydrogens is 939 g/mol. The fourth-order valence-electron chi connectivity index (χ4n) is 8.13. The average Bonchev–Trinajstić information content (AvgIpc) is 3.80. The van der Waals surface area contributed by atoms with Gasteiger partial charge in [0.2, 0.25) is 53.2 Å². The van der Waals surface area contributed by atoms with E-state index in [4.69, 9.17) is 15.2 Å². The third-order valence-electron chi connectivity index (χ3n) is 12.4. The first kappa shape index (κ1) is 57.2. The Morgan fingerprint density at radius 3 is 2.15 bits per heavy atom. The number of amides is 9. The number of allylic oxidation sites excluding steroid dienone is 1. The SMILES string of the molecule is CC=C(C)C(=O)NC(CCC(N)=O)C(=O)NC1C(=O)NC(CCC(=O)NCCO)C(=O)N2C(OC)CCC2C(=O)NC(Cc2ccccc2)C(=O)N(C)C(Cc2ccc(O)cc2)C(=O)NC(C)C(=O)OC1C. The molecule has 0 radical (unpaired) electrons. The van der Waals surface area contributed by atoms with Crippen LogP contribution in [0.4, 0.5) is 0 Å². The predicted molar refractivity (Wildman–Crippen MR) is 257 cm³/mol. The summed E-state index contributed by atoms with van der Waals surface area (Å²) >= 11 is 0. The lowest BCUT2D eigenvalue weighted by atomic mass is 10.00. The second kappa shape index (κ2) is 27.3. The quantitative estimate of drug-likeness (QED) is 0.0643. The van der Waals surface area contributed by atoms with Crippen LogP contribution in [-0.2, 0) is 70.3 Å². The van der Waals surface area contributed by atoms with Gasteiger partial charge in [-0.05, 0) is 76.6 Å². The molecule has 2 saturated heterocycles. The number of nitrogens with two attached hydrogens (primary N) is 1. The molecule has 23 nitrogen and oxygen atoms in total. The maximum atomic E-state index is 15.0. The third kappa shape index (κ3) is 16.1. The number of methoxy groups -OCH3 is 1. The summed E-state index contributed by atoms with van der Waals surface area (Å²) in [5, 5.41) is 34.7. The summed E-state index contributed by atoms with van der Waals surface area (Å²) in [6.45, 7) is 5.03. The highest BCUT2D eigenvalue weighted by Crippen LogP contribution is 2.27. The van der Waals surface area contributed by atoms with Crippen molar-refractivity contribution in [1.82, 2.24) is 41.7 Å². The van der Waals surface area contributed by atoms with Gasteiger partial charge in [0.1, 0.15) is 60.4 Å². The molecule has 2 aromatic carbocycles. The summed E-state index contributed by atoms with van der Waals surface area (Å²) in [5.41, 5.74) is 6.71. The molecule has 2 aliphatic heterocycles. The largest absolute Gasteiger partial charge is 0.508 e. The molecule has 0 aromatic heterocycles. The highest BCUT2D eigenvalue weighted by Gasteiger charge is 2.46. The van der Waals surface area contributed by atoms with Crippen LogP contribution in [0.5, 0.6) is 5.75 Å². The zero-order chi connectivity index (χ0) is 53.2.